The van der Waals surface area contributed by atoms with Gasteiger partial charge in [-0.15, -0.1) is 0 Å². The first-order chi connectivity index (χ1) is 15.0. The van der Waals surface area contributed by atoms with Gasteiger partial charge in [-0.2, -0.15) is 0 Å². The number of aliphatic hydroxyl groups is 4. The van der Waals surface area contributed by atoms with E-state index in [1.165, 1.54) is 0 Å². The van der Waals surface area contributed by atoms with Crippen LogP contribution in [0.1, 0.15) is 29.2 Å². The van der Waals surface area contributed by atoms with Gasteiger partial charge in [-0.3, -0.25) is 0 Å². The number of aliphatic hydroxyl groups excluding tert-OH is 4. The van der Waals surface area contributed by atoms with Crippen LogP contribution in [0.25, 0.3) is 0 Å². The van der Waals surface area contributed by atoms with Crippen LogP contribution in [0, 0.1) is 0 Å². The van der Waals surface area contributed by atoms with Crippen molar-refractivity contribution in [1.29, 1.82) is 0 Å². The highest BCUT2D eigenvalue weighted by Gasteiger charge is 2.44. The minimum absolute atomic E-state index is 0.0931. The first kappa shape index (κ1) is 22.5. The lowest BCUT2D eigenvalue weighted by atomic mass is 9.90. The molecule has 0 saturated carbocycles. The zero-order chi connectivity index (χ0) is 22.0. The Morgan fingerprint density at radius 1 is 1.00 bits per heavy atom. The number of hydrogen-bond donors (Lipinski definition) is 4. The maximum Gasteiger partial charge on any atom is 0.124 e. The van der Waals surface area contributed by atoms with Crippen molar-refractivity contribution in [2.75, 3.05) is 19.8 Å². The minimum Gasteiger partial charge on any atom is -0.488 e. The molecule has 8 heteroatoms. The average molecular weight is 451 g/mol. The van der Waals surface area contributed by atoms with Gasteiger partial charge in [-0.25, -0.2) is 0 Å². The molecule has 0 radical (unpaired) electrons. The van der Waals surface area contributed by atoms with E-state index in [4.69, 9.17) is 25.8 Å². The van der Waals surface area contributed by atoms with Gasteiger partial charge < -0.3 is 34.6 Å². The van der Waals surface area contributed by atoms with Crippen LogP contribution < -0.4 is 4.74 Å². The Balaban J connectivity index is 1.49. The van der Waals surface area contributed by atoms with Crippen molar-refractivity contribution in [3.05, 3.63) is 64.2 Å². The topological polar surface area (TPSA) is 109 Å². The molecule has 0 bridgehead atoms. The van der Waals surface area contributed by atoms with Crippen LogP contribution in [-0.4, -0.2) is 70.8 Å². The van der Waals surface area contributed by atoms with E-state index in [9.17, 15) is 20.4 Å². The van der Waals surface area contributed by atoms with Gasteiger partial charge in [0.2, 0.25) is 0 Å². The summed E-state index contributed by atoms with van der Waals surface area (Å²) < 4.78 is 16.9. The molecule has 168 valence electrons. The largest absolute Gasteiger partial charge is 0.488 e. The second-order valence-corrected chi connectivity index (χ2v) is 8.43. The third-order valence-electron chi connectivity index (χ3n) is 5.80. The Kier molecular flexibility index (Phi) is 7.13. The molecule has 2 saturated heterocycles. The second kappa shape index (κ2) is 9.83. The van der Waals surface area contributed by atoms with E-state index in [1.807, 2.05) is 30.3 Å². The summed E-state index contributed by atoms with van der Waals surface area (Å²) >= 11 is 6.40. The van der Waals surface area contributed by atoms with Gasteiger partial charge in [-0.1, -0.05) is 35.9 Å². The van der Waals surface area contributed by atoms with Crippen molar-refractivity contribution < 1.29 is 34.6 Å². The lowest BCUT2D eigenvalue weighted by Crippen LogP contribution is -2.55. The van der Waals surface area contributed by atoms with Crippen molar-refractivity contribution in [2.24, 2.45) is 0 Å². The number of rotatable bonds is 6. The Morgan fingerprint density at radius 2 is 1.77 bits per heavy atom. The van der Waals surface area contributed by atoms with E-state index in [0.717, 1.165) is 29.9 Å². The fourth-order valence-electron chi connectivity index (χ4n) is 3.99. The molecule has 2 heterocycles. The third-order valence-corrected chi connectivity index (χ3v) is 6.17. The van der Waals surface area contributed by atoms with Crippen LogP contribution in [0.15, 0.2) is 42.5 Å². The molecule has 0 spiro atoms. The summed E-state index contributed by atoms with van der Waals surface area (Å²) in [6.07, 6.45) is -4.46. The molecule has 4 rings (SSSR count). The Morgan fingerprint density at radius 3 is 2.45 bits per heavy atom. The number of benzene rings is 2. The molecule has 2 aliphatic rings. The lowest BCUT2D eigenvalue weighted by Gasteiger charge is -2.40. The predicted octanol–water partition coefficient (Wildman–Crippen LogP) is 1.61. The molecule has 4 N–H and O–H groups in total. The monoisotopic (exact) mass is 450 g/mol. The first-order valence-electron chi connectivity index (χ1n) is 10.4. The summed E-state index contributed by atoms with van der Waals surface area (Å²) in [6.45, 7) is 0.872. The van der Waals surface area contributed by atoms with Gasteiger partial charge in [0.1, 0.15) is 42.4 Å². The van der Waals surface area contributed by atoms with Crippen molar-refractivity contribution in [1.82, 2.24) is 0 Å². The highest BCUT2D eigenvalue weighted by molar-refractivity contribution is 6.31. The van der Waals surface area contributed by atoms with Gasteiger partial charge >= 0.3 is 0 Å². The Labute approximate surface area is 185 Å². The Bertz CT molecular complexity index is 867. The van der Waals surface area contributed by atoms with Gasteiger partial charge in [0.15, 0.2) is 0 Å². The fourth-order valence-corrected chi connectivity index (χ4v) is 4.17. The van der Waals surface area contributed by atoms with Crippen LogP contribution in [-0.2, 0) is 15.9 Å². The SMILES string of the molecule is OCC1OC(c2ccc(Cl)c(Cc3ccc(O[C@@H]4CCOC4)cc3)c2)[C@H](O)[C@@H](O)[C@@H]1O. The highest BCUT2D eigenvalue weighted by Crippen LogP contribution is 2.34. The first-order valence-corrected chi connectivity index (χ1v) is 10.8. The highest BCUT2D eigenvalue weighted by atomic mass is 35.5. The van der Waals surface area contributed by atoms with Crippen molar-refractivity contribution in [3.8, 4) is 5.75 Å². The van der Waals surface area contributed by atoms with E-state index in [2.05, 4.69) is 0 Å². The van der Waals surface area contributed by atoms with Crippen LogP contribution in [0.5, 0.6) is 5.75 Å². The van der Waals surface area contributed by atoms with E-state index in [1.54, 1.807) is 12.1 Å². The predicted molar refractivity (Wildman–Crippen MR) is 113 cm³/mol. The van der Waals surface area contributed by atoms with E-state index in [-0.39, 0.29) is 6.10 Å². The molecule has 2 aliphatic heterocycles. The summed E-state index contributed by atoms with van der Waals surface area (Å²) in [7, 11) is 0. The molecule has 2 aromatic carbocycles. The number of hydrogen-bond acceptors (Lipinski definition) is 7. The van der Waals surface area contributed by atoms with Crippen LogP contribution in [0.3, 0.4) is 0 Å². The minimum atomic E-state index is -1.42. The molecule has 2 unspecified atom stereocenters. The standard InChI is InChI=1S/C23H27ClO7/c24-18-6-3-14(23-22(28)21(27)20(26)19(11-25)31-23)10-15(18)9-13-1-4-16(5-2-13)30-17-7-8-29-12-17/h1-6,10,17,19-23,25-28H,7-9,11-12H2/t17-,19?,20-,21+,22-,23?/m1/s1. The summed E-state index contributed by atoms with van der Waals surface area (Å²) in [5, 5.41) is 40.5. The van der Waals surface area contributed by atoms with Gasteiger partial charge in [0, 0.05) is 11.4 Å². The zero-order valence-corrected chi connectivity index (χ0v) is 17.7. The van der Waals surface area contributed by atoms with Crippen LogP contribution in [0.4, 0.5) is 0 Å². The molecule has 31 heavy (non-hydrogen) atoms. The van der Waals surface area contributed by atoms with E-state index in [0.29, 0.717) is 23.6 Å². The van der Waals surface area contributed by atoms with E-state index < -0.39 is 37.1 Å². The average Bonchev–Trinajstić information content (AvgIpc) is 3.28. The lowest BCUT2D eigenvalue weighted by molar-refractivity contribution is -0.231. The summed E-state index contributed by atoms with van der Waals surface area (Å²) in [6, 6.07) is 13.0. The van der Waals surface area contributed by atoms with Gasteiger partial charge in [0.25, 0.3) is 0 Å². The zero-order valence-electron chi connectivity index (χ0n) is 16.9. The van der Waals surface area contributed by atoms with Gasteiger partial charge in [0.05, 0.1) is 19.8 Å². The molecule has 0 amide bonds. The fraction of sp³-hybridized carbons (Fsp3) is 0.478. The van der Waals surface area contributed by atoms with Crippen LogP contribution in [0.2, 0.25) is 5.02 Å². The molecule has 0 aromatic heterocycles. The van der Waals surface area contributed by atoms with Crippen molar-refractivity contribution in [3.63, 3.8) is 0 Å². The van der Waals surface area contributed by atoms with E-state index >= 15 is 0 Å². The normalized spacial score (nSPS) is 31.0. The number of ether oxygens (including phenoxy) is 3. The third kappa shape index (κ3) is 5.04. The molecule has 7 nitrogen and oxygen atoms in total. The molecular formula is C23H27ClO7. The van der Waals surface area contributed by atoms with Crippen LogP contribution >= 0.6 is 11.6 Å². The quantitative estimate of drug-likeness (QED) is 0.529. The summed E-state index contributed by atoms with van der Waals surface area (Å²) in [4.78, 5) is 0. The molecule has 2 aromatic rings. The van der Waals surface area contributed by atoms with Crippen molar-refractivity contribution >= 4 is 11.6 Å². The maximum atomic E-state index is 10.4. The van der Waals surface area contributed by atoms with Crippen molar-refractivity contribution in [2.45, 2.75) is 49.5 Å². The van der Waals surface area contributed by atoms with Gasteiger partial charge in [-0.05, 0) is 41.3 Å². The second-order valence-electron chi connectivity index (χ2n) is 8.02. The summed E-state index contributed by atoms with van der Waals surface area (Å²) in [5.41, 5.74) is 2.47. The molecule has 0 aliphatic carbocycles. The summed E-state index contributed by atoms with van der Waals surface area (Å²) in [5.74, 6) is 0.792. The molecular weight excluding hydrogens is 424 g/mol. The molecule has 6 atom stereocenters. The smallest absolute Gasteiger partial charge is 0.124 e. The molecule has 2 fully saturated rings. The number of halogens is 1. The maximum absolute atomic E-state index is 10.4. The Hall–Kier alpha value is -1.71.